The summed E-state index contributed by atoms with van der Waals surface area (Å²) in [6.45, 7) is 4.70. The number of nitrogens with zero attached hydrogens (tertiary/aromatic N) is 3. The Bertz CT molecular complexity index is 962. The first-order valence-electron chi connectivity index (χ1n) is 10.5. The Morgan fingerprint density at radius 3 is 2.47 bits per heavy atom. The molecule has 154 valence electrons. The van der Waals surface area contributed by atoms with Crippen molar-refractivity contribution in [3.05, 3.63) is 35.4 Å². The molecule has 0 radical (unpaired) electrons. The van der Waals surface area contributed by atoms with Gasteiger partial charge < -0.3 is 14.9 Å². The van der Waals surface area contributed by atoms with Crippen LogP contribution in [0.1, 0.15) is 51.0 Å². The molecule has 0 spiro atoms. The highest BCUT2D eigenvalue weighted by molar-refractivity contribution is 6.00. The predicted octanol–water partition coefficient (Wildman–Crippen LogP) is 4.89. The third-order valence-corrected chi connectivity index (χ3v) is 6.10. The lowest BCUT2D eigenvalue weighted by atomic mass is 9.54. The molecule has 1 N–H and O–H groups in total. The molecule has 0 saturated heterocycles. The van der Waals surface area contributed by atoms with Crippen LogP contribution < -0.4 is 9.47 Å². The fourth-order valence-electron chi connectivity index (χ4n) is 4.84. The number of allylic oxidation sites excluding steroid dienone is 2. The van der Waals surface area contributed by atoms with Crippen LogP contribution in [0.4, 0.5) is 0 Å². The number of fused-ring (bicyclic) bond motifs is 1. The third-order valence-electron chi connectivity index (χ3n) is 6.10. The molecule has 1 saturated carbocycles. The van der Waals surface area contributed by atoms with Crippen molar-refractivity contribution in [2.45, 2.75) is 45.4 Å². The molecule has 1 fully saturated rings. The van der Waals surface area contributed by atoms with E-state index < -0.39 is 17.3 Å². The lowest BCUT2D eigenvalue weighted by Gasteiger charge is -2.44. The summed E-state index contributed by atoms with van der Waals surface area (Å²) in [6.07, 6.45) is 5.58. The molecule has 0 heterocycles. The van der Waals surface area contributed by atoms with E-state index >= 15 is 0 Å². The third kappa shape index (κ3) is 3.42. The molecular weight excluding hydrogens is 376 g/mol. The van der Waals surface area contributed by atoms with Gasteiger partial charge >= 0.3 is 0 Å². The summed E-state index contributed by atoms with van der Waals surface area (Å²) < 4.78 is 11.6. The predicted molar refractivity (Wildman–Crippen MR) is 112 cm³/mol. The Morgan fingerprint density at radius 2 is 1.83 bits per heavy atom. The Kier molecular flexibility index (Phi) is 6.43. The molecule has 2 aliphatic carbocycles. The second kappa shape index (κ2) is 9.02. The van der Waals surface area contributed by atoms with Gasteiger partial charge in [0.05, 0.1) is 37.1 Å². The van der Waals surface area contributed by atoms with Gasteiger partial charge in [-0.25, -0.2) is 0 Å². The van der Waals surface area contributed by atoms with Gasteiger partial charge in [0, 0.05) is 11.5 Å². The van der Waals surface area contributed by atoms with Gasteiger partial charge in [-0.05, 0) is 62.8 Å². The van der Waals surface area contributed by atoms with E-state index in [0.29, 0.717) is 30.3 Å². The van der Waals surface area contributed by atoms with Crippen LogP contribution in [0.15, 0.2) is 29.8 Å². The van der Waals surface area contributed by atoms with Gasteiger partial charge in [0.2, 0.25) is 0 Å². The molecule has 0 unspecified atom stereocenters. The van der Waals surface area contributed by atoms with Gasteiger partial charge in [-0.3, -0.25) is 0 Å². The van der Waals surface area contributed by atoms with Crippen LogP contribution in [-0.2, 0) is 0 Å². The summed E-state index contributed by atoms with van der Waals surface area (Å²) in [4.78, 5) is 0. The van der Waals surface area contributed by atoms with E-state index in [1.807, 2.05) is 32.0 Å². The number of benzene rings is 1. The van der Waals surface area contributed by atoms with Crippen molar-refractivity contribution < 1.29 is 9.47 Å². The molecule has 6 heteroatoms. The van der Waals surface area contributed by atoms with E-state index in [9.17, 15) is 15.8 Å². The fourth-order valence-corrected chi connectivity index (χ4v) is 4.84. The minimum atomic E-state index is -1.73. The van der Waals surface area contributed by atoms with Gasteiger partial charge in [0.1, 0.15) is 17.4 Å². The van der Waals surface area contributed by atoms with E-state index in [2.05, 4.69) is 24.3 Å². The number of hydrogen-bond acceptors (Lipinski definition) is 6. The first-order valence-corrected chi connectivity index (χ1v) is 10.5. The molecule has 6 nitrogen and oxygen atoms in total. The summed E-state index contributed by atoms with van der Waals surface area (Å²) in [7, 11) is 0. The molecule has 1 aromatic rings. The van der Waals surface area contributed by atoms with Crippen LogP contribution in [0.25, 0.3) is 0 Å². The fraction of sp³-hybridized carbons (Fsp3) is 0.500. The highest BCUT2D eigenvalue weighted by Gasteiger charge is 2.57. The lowest BCUT2D eigenvalue weighted by Crippen LogP contribution is -2.48. The van der Waals surface area contributed by atoms with Gasteiger partial charge in [-0.2, -0.15) is 15.8 Å². The van der Waals surface area contributed by atoms with E-state index in [4.69, 9.17) is 14.9 Å². The van der Waals surface area contributed by atoms with Crippen LogP contribution in [-0.4, -0.2) is 18.9 Å². The second-order valence-corrected chi connectivity index (χ2v) is 7.65. The first-order chi connectivity index (χ1) is 14.6. The Morgan fingerprint density at radius 1 is 1.10 bits per heavy atom. The van der Waals surface area contributed by atoms with Crippen molar-refractivity contribution in [1.82, 2.24) is 0 Å². The van der Waals surface area contributed by atoms with Crippen LogP contribution in [0, 0.1) is 56.7 Å². The average molecular weight is 402 g/mol. The van der Waals surface area contributed by atoms with Gasteiger partial charge in [-0.15, -0.1) is 0 Å². The van der Waals surface area contributed by atoms with E-state index in [1.54, 1.807) is 0 Å². The van der Waals surface area contributed by atoms with Gasteiger partial charge in [0.25, 0.3) is 0 Å². The standard InChI is InChI=1S/C24H26N4O2/c1-3-29-16-10-11-21(30-4-2)19(12-16)22-18-9-7-5-6-8-17(18)20(13-25)23(28)24(22,14-26)15-27/h8,10-12,18,20,22,28H,3-7,9H2,1-2H3/t18-,20-,22+/m0/s1. The SMILES string of the molecule is CCOc1ccc(OCC)c([C@H]2[C@H]3CCCCC=C3[C@H](C#N)C(=N)C2(C#N)C#N)c1. The molecule has 30 heavy (non-hydrogen) atoms. The van der Waals surface area contributed by atoms with Gasteiger partial charge in [0.15, 0.2) is 5.41 Å². The molecule has 0 aromatic heterocycles. The molecule has 0 bridgehead atoms. The molecule has 0 amide bonds. The van der Waals surface area contributed by atoms with Crippen LogP contribution >= 0.6 is 0 Å². The Balaban J connectivity index is 2.30. The van der Waals surface area contributed by atoms with E-state index in [0.717, 1.165) is 31.3 Å². The summed E-state index contributed by atoms with van der Waals surface area (Å²) in [5, 5.41) is 39.0. The minimum absolute atomic E-state index is 0.131. The molecule has 2 aliphatic rings. The highest BCUT2D eigenvalue weighted by Crippen LogP contribution is 2.56. The summed E-state index contributed by atoms with van der Waals surface area (Å²) in [6, 6.07) is 11.9. The van der Waals surface area contributed by atoms with E-state index in [-0.39, 0.29) is 11.6 Å². The maximum absolute atomic E-state index is 10.2. The normalized spacial score (nSPS) is 24.8. The zero-order chi connectivity index (χ0) is 21.7. The number of rotatable bonds is 5. The Hall–Kier alpha value is -3.30. The number of nitrogens with one attached hydrogen (secondary N) is 1. The van der Waals surface area contributed by atoms with Crippen LogP contribution in [0.2, 0.25) is 0 Å². The van der Waals surface area contributed by atoms with Crippen molar-refractivity contribution in [2.75, 3.05) is 13.2 Å². The summed E-state index contributed by atoms with van der Waals surface area (Å²) >= 11 is 0. The topological polar surface area (TPSA) is 114 Å². The molecule has 1 aromatic carbocycles. The second-order valence-electron chi connectivity index (χ2n) is 7.65. The van der Waals surface area contributed by atoms with Crippen LogP contribution in [0.3, 0.4) is 0 Å². The zero-order valence-electron chi connectivity index (χ0n) is 17.4. The quantitative estimate of drug-likeness (QED) is 0.704. The van der Waals surface area contributed by atoms with Crippen molar-refractivity contribution in [2.24, 2.45) is 17.3 Å². The minimum Gasteiger partial charge on any atom is -0.494 e. The van der Waals surface area contributed by atoms with Crippen molar-refractivity contribution in [3.8, 4) is 29.7 Å². The maximum Gasteiger partial charge on any atom is 0.189 e. The zero-order valence-corrected chi connectivity index (χ0v) is 17.4. The smallest absolute Gasteiger partial charge is 0.189 e. The van der Waals surface area contributed by atoms with E-state index in [1.165, 1.54) is 0 Å². The highest BCUT2D eigenvalue weighted by atomic mass is 16.5. The van der Waals surface area contributed by atoms with Crippen LogP contribution in [0.5, 0.6) is 11.5 Å². The van der Waals surface area contributed by atoms with Crippen molar-refractivity contribution in [1.29, 1.82) is 21.2 Å². The summed E-state index contributed by atoms with van der Waals surface area (Å²) in [5.74, 6) is -0.395. The molecule has 0 aliphatic heterocycles. The maximum atomic E-state index is 10.2. The van der Waals surface area contributed by atoms with Crippen molar-refractivity contribution >= 4 is 5.71 Å². The van der Waals surface area contributed by atoms with Gasteiger partial charge in [-0.1, -0.05) is 12.5 Å². The summed E-state index contributed by atoms with van der Waals surface area (Å²) in [5.41, 5.74) is -0.294. The molecule has 3 rings (SSSR count). The van der Waals surface area contributed by atoms with Crippen molar-refractivity contribution in [3.63, 3.8) is 0 Å². The monoisotopic (exact) mass is 402 g/mol. The average Bonchev–Trinajstić information content (AvgIpc) is 3.00. The first kappa shape index (κ1) is 21.4. The number of ether oxygens (including phenoxy) is 2. The number of nitriles is 3. The molecule has 3 atom stereocenters. The lowest BCUT2D eigenvalue weighted by molar-refractivity contribution is 0.297. The molecular formula is C24H26N4O2. The largest absolute Gasteiger partial charge is 0.494 e. The Labute approximate surface area is 177 Å². The number of hydrogen-bond donors (Lipinski definition) is 1.